The molecule has 3 aromatic rings. The first-order valence-corrected chi connectivity index (χ1v) is 8.46. The van der Waals surface area contributed by atoms with Gasteiger partial charge in [-0.15, -0.1) is 11.8 Å². The van der Waals surface area contributed by atoms with Crippen LogP contribution >= 0.6 is 23.1 Å². The van der Waals surface area contributed by atoms with E-state index in [2.05, 4.69) is 59.7 Å². The second kappa shape index (κ2) is 6.29. The van der Waals surface area contributed by atoms with Crippen LogP contribution in [0.25, 0.3) is 10.2 Å². The molecule has 3 rings (SSSR count). The average molecular weight is 300 g/mol. The fraction of sp³-hybridized carbons (Fsp3) is 0.188. The highest BCUT2D eigenvalue weighted by Crippen LogP contribution is 2.30. The van der Waals surface area contributed by atoms with Crippen molar-refractivity contribution in [1.29, 1.82) is 0 Å². The third kappa shape index (κ3) is 3.14. The molecule has 2 aromatic carbocycles. The van der Waals surface area contributed by atoms with Gasteiger partial charge in [-0.2, -0.15) is 0 Å². The van der Waals surface area contributed by atoms with Crippen LogP contribution in [0.1, 0.15) is 12.5 Å². The predicted molar refractivity (Wildman–Crippen MR) is 89.8 cm³/mol. The number of hydrogen-bond donors (Lipinski definition) is 1. The number of benzene rings is 2. The highest BCUT2D eigenvalue weighted by atomic mass is 32.2. The zero-order valence-electron chi connectivity index (χ0n) is 11.3. The molecule has 102 valence electrons. The van der Waals surface area contributed by atoms with Crippen molar-refractivity contribution in [2.75, 3.05) is 11.1 Å². The van der Waals surface area contributed by atoms with Gasteiger partial charge in [-0.25, -0.2) is 4.98 Å². The number of thiazole rings is 1. The molecule has 1 heterocycles. The van der Waals surface area contributed by atoms with E-state index < -0.39 is 0 Å². The number of thioether (sulfide) groups is 1. The van der Waals surface area contributed by atoms with Gasteiger partial charge in [0, 0.05) is 11.4 Å². The summed E-state index contributed by atoms with van der Waals surface area (Å²) in [4.78, 5) is 5.95. The maximum absolute atomic E-state index is 4.63. The van der Waals surface area contributed by atoms with Crippen LogP contribution in [-0.2, 0) is 6.54 Å². The first-order chi connectivity index (χ1) is 9.85. The Kier molecular flexibility index (Phi) is 4.23. The Balaban J connectivity index is 1.75. The summed E-state index contributed by atoms with van der Waals surface area (Å²) >= 11 is 3.59. The van der Waals surface area contributed by atoms with E-state index in [0.29, 0.717) is 0 Å². The van der Waals surface area contributed by atoms with Gasteiger partial charge in [-0.1, -0.05) is 48.6 Å². The van der Waals surface area contributed by atoms with Crippen LogP contribution in [0.4, 0.5) is 5.13 Å². The van der Waals surface area contributed by atoms with Crippen molar-refractivity contribution in [3.05, 3.63) is 54.1 Å². The van der Waals surface area contributed by atoms with Crippen LogP contribution in [0.15, 0.2) is 53.4 Å². The summed E-state index contributed by atoms with van der Waals surface area (Å²) < 4.78 is 1.25. The minimum absolute atomic E-state index is 0.817. The summed E-state index contributed by atoms with van der Waals surface area (Å²) in [5.41, 5.74) is 2.35. The largest absolute Gasteiger partial charge is 0.357 e. The number of rotatable bonds is 5. The van der Waals surface area contributed by atoms with E-state index in [1.165, 1.54) is 15.2 Å². The number of aromatic nitrogens is 1. The lowest BCUT2D eigenvalue weighted by Gasteiger charge is -2.01. The van der Waals surface area contributed by atoms with Gasteiger partial charge in [-0.3, -0.25) is 0 Å². The molecule has 0 radical (unpaired) electrons. The number of hydrogen-bond acceptors (Lipinski definition) is 4. The normalized spacial score (nSPS) is 10.8. The van der Waals surface area contributed by atoms with Crippen molar-refractivity contribution in [2.24, 2.45) is 0 Å². The minimum atomic E-state index is 0.817. The zero-order chi connectivity index (χ0) is 13.8. The highest BCUT2D eigenvalue weighted by molar-refractivity contribution is 7.99. The predicted octanol–water partition coefficient (Wildman–Crippen LogP) is 5.02. The van der Waals surface area contributed by atoms with E-state index in [1.54, 1.807) is 11.3 Å². The van der Waals surface area contributed by atoms with Crippen LogP contribution in [0, 0.1) is 0 Å². The molecule has 20 heavy (non-hydrogen) atoms. The molecule has 0 fully saturated rings. The van der Waals surface area contributed by atoms with Crippen molar-refractivity contribution < 1.29 is 0 Å². The monoisotopic (exact) mass is 300 g/mol. The second-order valence-electron chi connectivity index (χ2n) is 4.42. The van der Waals surface area contributed by atoms with Gasteiger partial charge in [0.15, 0.2) is 5.13 Å². The number of nitrogens with one attached hydrogen (secondary N) is 1. The SMILES string of the molecule is CCSc1ccc2nc(NCc3ccccc3)sc2c1. The van der Waals surface area contributed by atoms with Crippen LogP contribution in [0.3, 0.4) is 0 Å². The minimum Gasteiger partial charge on any atom is -0.357 e. The van der Waals surface area contributed by atoms with Gasteiger partial charge in [0.25, 0.3) is 0 Å². The summed E-state index contributed by atoms with van der Waals surface area (Å²) in [5.74, 6) is 1.10. The molecule has 0 unspecified atom stereocenters. The Morgan fingerprint density at radius 1 is 1.15 bits per heavy atom. The van der Waals surface area contributed by atoms with E-state index >= 15 is 0 Å². The number of fused-ring (bicyclic) bond motifs is 1. The molecule has 0 saturated carbocycles. The number of nitrogens with zero attached hydrogens (tertiary/aromatic N) is 1. The Labute approximate surface area is 127 Å². The van der Waals surface area contributed by atoms with Gasteiger partial charge in [0.2, 0.25) is 0 Å². The van der Waals surface area contributed by atoms with E-state index in [-0.39, 0.29) is 0 Å². The molecular formula is C16H16N2S2. The Hall–Kier alpha value is -1.52. The van der Waals surface area contributed by atoms with E-state index in [1.807, 2.05) is 17.8 Å². The molecule has 0 amide bonds. The topological polar surface area (TPSA) is 24.9 Å². The molecule has 0 spiro atoms. The molecule has 0 aliphatic carbocycles. The fourth-order valence-corrected chi connectivity index (χ4v) is 3.68. The third-order valence-corrected chi connectivity index (χ3v) is 4.81. The van der Waals surface area contributed by atoms with Crippen molar-refractivity contribution in [3.8, 4) is 0 Å². The van der Waals surface area contributed by atoms with E-state index in [4.69, 9.17) is 0 Å². The van der Waals surface area contributed by atoms with Crippen LogP contribution < -0.4 is 5.32 Å². The highest BCUT2D eigenvalue weighted by Gasteiger charge is 2.04. The van der Waals surface area contributed by atoms with Gasteiger partial charge in [0.05, 0.1) is 10.2 Å². The van der Waals surface area contributed by atoms with Crippen LogP contribution in [0.2, 0.25) is 0 Å². The van der Waals surface area contributed by atoms with Crippen molar-refractivity contribution in [2.45, 2.75) is 18.4 Å². The quantitative estimate of drug-likeness (QED) is 0.670. The Morgan fingerprint density at radius 2 is 2.00 bits per heavy atom. The molecule has 1 aromatic heterocycles. The molecule has 1 N–H and O–H groups in total. The summed E-state index contributed by atoms with van der Waals surface area (Å²) in [6.07, 6.45) is 0. The first-order valence-electron chi connectivity index (χ1n) is 6.66. The molecule has 4 heteroatoms. The van der Waals surface area contributed by atoms with Gasteiger partial charge in [-0.05, 0) is 29.5 Å². The lowest BCUT2D eigenvalue weighted by Crippen LogP contribution is -1.97. The van der Waals surface area contributed by atoms with Crippen molar-refractivity contribution in [1.82, 2.24) is 4.98 Å². The third-order valence-electron chi connectivity index (χ3n) is 2.96. The summed E-state index contributed by atoms with van der Waals surface area (Å²) in [7, 11) is 0. The van der Waals surface area contributed by atoms with Gasteiger partial charge in [0.1, 0.15) is 0 Å². The van der Waals surface area contributed by atoms with E-state index in [0.717, 1.165) is 22.9 Å². The molecule has 0 aliphatic heterocycles. The van der Waals surface area contributed by atoms with Crippen molar-refractivity contribution in [3.63, 3.8) is 0 Å². The molecule has 2 nitrogen and oxygen atoms in total. The maximum Gasteiger partial charge on any atom is 0.184 e. The number of anilines is 1. The standard InChI is InChI=1S/C16H16N2S2/c1-2-19-13-8-9-14-15(10-13)20-16(18-14)17-11-12-6-4-3-5-7-12/h3-10H,2,11H2,1H3,(H,17,18). The Morgan fingerprint density at radius 3 is 2.80 bits per heavy atom. The zero-order valence-corrected chi connectivity index (χ0v) is 12.9. The summed E-state index contributed by atoms with van der Waals surface area (Å²) in [6, 6.07) is 16.9. The van der Waals surface area contributed by atoms with Crippen LogP contribution in [-0.4, -0.2) is 10.7 Å². The first kappa shape index (κ1) is 13.5. The smallest absolute Gasteiger partial charge is 0.184 e. The molecular weight excluding hydrogens is 284 g/mol. The molecule has 0 atom stereocenters. The maximum atomic E-state index is 4.63. The lowest BCUT2D eigenvalue weighted by molar-refractivity contribution is 1.14. The van der Waals surface area contributed by atoms with Gasteiger partial charge >= 0.3 is 0 Å². The summed E-state index contributed by atoms with van der Waals surface area (Å²) in [5, 5.41) is 4.39. The van der Waals surface area contributed by atoms with Gasteiger partial charge < -0.3 is 5.32 Å². The fourth-order valence-electron chi connectivity index (χ4n) is 2.01. The molecule has 0 saturated heterocycles. The lowest BCUT2D eigenvalue weighted by atomic mass is 10.2. The Bertz CT molecular complexity index is 692. The van der Waals surface area contributed by atoms with E-state index in [9.17, 15) is 0 Å². The molecule has 0 bridgehead atoms. The van der Waals surface area contributed by atoms with Crippen LogP contribution in [0.5, 0.6) is 0 Å². The summed E-state index contributed by atoms with van der Waals surface area (Å²) in [6.45, 7) is 2.99. The van der Waals surface area contributed by atoms with Crippen molar-refractivity contribution >= 4 is 38.4 Å². The average Bonchev–Trinajstić information content (AvgIpc) is 2.89. The molecule has 0 aliphatic rings. The second-order valence-corrected chi connectivity index (χ2v) is 6.79.